The minimum absolute atomic E-state index is 0.0393. The Morgan fingerprint density at radius 2 is 1.92 bits per heavy atom. The van der Waals surface area contributed by atoms with Gasteiger partial charge in [0.25, 0.3) is 5.91 Å². The van der Waals surface area contributed by atoms with Crippen molar-refractivity contribution < 1.29 is 4.79 Å². The molecule has 0 saturated heterocycles. The number of nitrogens with one attached hydrogen (secondary N) is 2. The summed E-state index contributed by atoms with van der Waals surface area (Å²) in [6, 6.07) is 13.5. The van der Waals surface area contributed by atoms with Gasteiger partial charge in [0.05, 0.1) is 11.6 Å². The van der Waals surface area contributed by atoms with E-state index in [9.17, 15) is 4.79 Å². The minimum Gasteiger partial charge on any atom is -0.370 e. The van der Waals surface area contributed by atoms with Gasteiger partial charge in [-0.05, 0) is 51.7 Å². The van der Waals surface area contributed by atoms with Gasteiger partial charge in [-0.15, -0.1) is 0 Å². The molecule has 5 heteroatoms. The van der Waals surface area contributed by atoms with Gasteiger partial charge >= 0.3 is 0 Å². The first-order chi connectivity index (χ1) is 11.6. The number of pyridine rings is 1. The molecular formula is C19H26N4O. The average Bonchev–Trinajstić information content (AvgIpc) is 2.59. The molecule has 0 aliphatic heterocycles. The van der Waals surface area contributed by atoms with Crippen LogP contribution in [0.4, 0.5) is 5.82 Å². The van der Waals surface area contributed by atoms with Crippen molar-refractivity contribution in [3.8, 4) is 0 Å². The van der Waals surface area contributed by atoms with Crippen LogP contribution in [0.3, 0.4) is 0 Å². The highest BCUT2D eigenvalue weighted by Crippen LogP contribution is 2.13. The van der Waals surface area contributed by atoms with Crippen LogP contribution in [0.1, 0.15) is 35.3 Å². The van der Waals surface area contributed by atoms with E-state index in [0.717, 1.165) is 30.9 Å². The quantitative estimate of drug-likeness (QED) is 0.732. The standard InChI is InChI=1S/C19H26N4O/c1-15(16-8-5-4-6-9-16)22-19(24)17-10-11-18(21-14-17)20-12-7-13-23(2)3/h4-6,8-11,14-15H,7,12-13H2,1-3H3,(H,20,21)(H,22,24). The fourth-order valence-electron chi connectivity index (χ4n) is 2.35. The predicted molar refractivity (Wildman–Crippen MR) is 98.2 cm³/mol. The molecule has 5 nitrogen and oxygen atoms in total. The van der Waals surface area contributed by atoms with E-state index in [1.165, 1.54) is 0 Å². The fourth-order valence-corrected chi connectivity index (χ4v) is 2.35. The minimum atomic E-state index is -0.113. The molecule has 1 amide bonds. The van der Waals surface area contributed by atoms with Gasteiger partial charge in [0.2, 0.25) is 0 Å². The summed E-state index contributed by atoms with van der Waals surface area (Å²) in [6.45, 7) is 3.87. The zero-order valence-electron chi connectivity index (χ0n) is 14.6. The van der Waals surface area contributed by atoms with Gasteiger partial charge in [0.15, 0.2) is 0 Å². The van der Waals surface area contributed by atoms with Crippen molar-refractivity contribution in [3.63, 3.8) is 0 Å². The lowest BCUT2D eigenvalue weighted by Crippen LogP contribution is -2.26. The molecule has 0 spiro atoms. The molecule has 0 aliphatic rings. The summed E-state index contributed by atoms with van der Waals surface area (Å²) in [5, 5.41) is 6.26. The largest absolute Gasteiger partial charge is 0.370 e. The molecule has 2 aromatic rings. The highest BCUT2D eigenvalue weighted by Gasteiger charge is 2.11. The van der Waals surface area contributed by atoms with Gasteiger partial charge in [-0.3, -0.25) is 4.79 Å². The second-order valence-electron chi connectivity index (χ2n) is 6.12. The Balaban J connectivity index is 1.84. The summed E-state index contributed by atoms with van der Waals surface area (Å²) in [5.74, 6) is 0.680. The second-order valence-corrected chi connectivity index (χ2v) is 6.12. The smallest absolute Gasteiger partial charge is 0.253 e. The molecule has 1 aromatic carbocycles. The fraction of sp³-hybridized carbons (Fsp3) is 0.368. The maximum Gasteiger partial charge on any atom is 0.253 e. The molecule has 0 radical (unpaired) electrons. The Morgan fingerprint density at radius 3 is 2.54 bits per heavy atom. The summed E-state index contributed by atoms with van der Waals surface area (Å²) in [5.41, 5.74) is 1.65. The summed E-state index contributed by atoms with van der Waals surface area (Å²) in [6.07, 6.45) is 2.66. The van der Waals surface area contributed by atoms with Crippen LogP contribution in [-0.4, -0.2) is 43.0 Å². The normalized spacial score (nSPS) is 12.0. The van der Waals surface area contributed by atoms with Crippen LogP contribution in [0, 0.1) is 0 Å². The van der Waals surface area contributed by atoms with Crippen molar-refractivity contribution in [1.29, 1.82) is 0 Å². The van der Waals surface area contributed by atoms with E-state index in [1.54, 1.807) is 12.3 Å². The number of carbonyl (C=O) groups excluding carboxylic acids is 1. The first kappa shape index (κ1) is 17.9. The van der Waals surface area contributed by atoms with Crippen molar-refractivity contribution in [3.05, 3.63) is 59.8 Å². The number of hydrogen-bond acceptors (Lipinski definition) is 4. The van der Waals surface area contributed by atoms with E-state index >= 15 is 0 Å². The topological polar surface area (TPSA) is 57.3 Å². The van der Waals surface area contributed by atoms with Gasteiger partial charge < -0.3 is 15.5 Å². The van der Waals surface area contributed by atoms with E-state index < -0.39 is 0 Å². The lowest BCUT2D eigenvalue weighted by molar-refractivity contribution is 0.0939. The van der Waals surface area contributed by atoms with Crippen molar-refractivity contribution >= 4 is 11.7 Å². The molecule has 0 saturated carbocycles. The number of benzene rings is 1. The number of amides is 1. The Hall–Kier alpha value is -2.40. The Bertz CT molecular complexity index is 626. The van der Waals surface area contributed by atoms with Crippen LogP contribution in [0.2, 0.25) is 0 Å². The Morgan fingerprint density at radius 1 is 1.17 bits per heavy atom. The number of hydrogen-bond donors (Lipinski definition) is 2. The van der Waals surface area contributed by atoms with E-state index in [0.29, 0.717) is 5.56 Å². The highest BCUT2D eigenvalue weighted by molar-refractivity contribution is 5.94. The van der Waals surface area contributed by atoms with Crippen molar-refractivity contribution in [1.82, 2.24) is 15.2 Å². The summed E-state index contributed by atoms with van der Waals surface area (Å²) in [7, 11) is 4.12. The molecule has 0 fully saturated rings. The molecule has 1 unspecified atom stereocenters. The molecule has 1 heterocycles. The van der Waals surface area contributed by atoms with Crippen LogP contribution in [0.5, 0.6) is 0 Å². The Kier molecular flexibility index (Phi) is 6.75. The highest BCUT2D eigenvalue weighted by atomic mass is 16.1. The van der Waals surface area contributed by atoms with Crippen LogP contribution >= 0.6 is 0 Å². The average molecular weight is 326 g/mol. The summed E-state index contributed by atoms with van der Waals surface area (Å²) >= 11 is 0. The lowest BCUT2D eigenvalue weighted by atomic mass is 10.1. The van der Waals surface area contributed by atoms with Gasteiger partial charge in [0.1, 0.15) is 5.82 Å². The summed E-state index contributed by atoms with van der Waals surface area (Å²) < 4.78 is 0. The molecule has 24 heavy (non-hydrogen) atoms. The number of anilines is 1. The Labute approximate surface area is 144 Å². The number of aromatic nitrogens is 1. The van der Waals surface area contributed by atoms with Gasteiger partial charge in [-0.25, -0.2) is 4.98 Å². The maximum absolute atomic E-state index is 12.3. The van der Waals surface area contributed by atoms with Crippen LogP contribution in [-0.2, 0) is 0 Å². The maximum atomic E-state index is 12.3. The first-order valence-corrected chi connectivity index (χ1v) is 8.26. The van der Waals surface area contributed by atoms with Crippen LogP contribution in [0.25, 0.3) is 0 Å². The molecule has 1 aromatic heterocycles. The molecule has 0 bridgehead atoms. The molecule has 0 aliphatic carbocycles. The van der Waals surface area contributed by atoms with Crippen molar-refractivity contribution in [2.24, 2.45) is 0 Å². The number of carbonyl (C=O) groups is 1. The first-order valence-electron chi connectivity index (χ1n) is 8.26. The summed E-state index contributed by atoms with van der Waals surface area (Å²) in [4.78, 5) is 18.8. The zero-order valence-corrected chi connectivity index (χ0v) is 14.6. The van der Waals surface area contributed by atoms with Crippen LogP contribution in [0.15, 0.2) is 48.7 Å². The van der Waals surface area contributed by atoms with Crippen LogP contribution < -0.4 is 10.6 Å². The SMILES string of the molecule is CC(NC(=O)c1ccc(NCCCN(C)C)nc1)c1ccccc1. The number of rotatable bonds is 8. The lowest BCUT2D eigenvalue weighted by Gasteiger charge is -2.14. The molecule has 2 rings (SSSR count). The molecular weight excluding hydrogens is 300 g/mol. The van der Waals surface area contributed by atoms with Crippen molar-refractivity contribution in [2.75, 3.05) is 32.5 Å². The van der Waals surface area contributed by atoms with Gasteiger partial charge in [-0.2, -0.15) is 0 Å². The zero-order chi connectivity index (χ0) is 17.4. The third kappa shape index (κ3) is 5.66. The van der Waals surface area contributed by atoms with Crippen molar-refractivity contribution in [2.45, 2.75) is 19.4 Å². The van der Waals surface area contributed by atoms with E-state index in [-0.39, 0.29) is 11.9 Å². The predicted octanol–water partition coefficient (Wildman–Crippen LogP) is 2.94. The van der Waals surface area contributed by atoms with Gasteiger partial charge in [-0.1, -0.05) is 30.3 Å². The molecule has 1 atom stereocenters. The third-order valence-electron chi connectivity index (χ3n) is 3.76. The van der Waals surface area contributed by atoms with Gasteiger partial charge in [0, 0.05) is 12.7 Å². The van der Waals surface area contributed by atoms with E-state index in [4.69, 9.17) is 0 Å². The third-order valence-corrected chi connectivity index (χ3v) is 3.76. The van der Waals surface area contributed by atoms with E-state index in [2.05, 4.69) is 34.6 Å². The second kappa shape index (κ2) is 9.03. The van der Waals surface area contributed by atoms with E-state index in [1.807, 2.05) is 43.3 Å². The monoisotopic (exact) mass is 326 g/mol. The number of nitrogens with zero attached hydrogens (tertiary/aromatic N) is 2. The molecule has 2 N–H and O–H groups in total. The molecule has 128 valence electrons.